The van der Waals surface area contributed by atoms with Gasteiger partial charge >= 0.3 is 5.97 Å². The highest BCUT2D eigenvalue weighted by Crippen LogP contribution is 2.37. The number of nitrogens with zero attached hydrogens (tertiary/aromatic N) is 3. The maximum atomic E-state index is 13.3. The SMILES string of the molecule is COCCOC(=O)C1=C(C)N(c2cc(C)ccc2C)C(=S)N[C@H]1c1csc(-c2ccccn2)n1. The van der Waals surface area contributed by atoms with Crippen LogP contribution in [0.3, 0.4) is 0 Å². The fourth-order valence-corrected chi connectivity index (χ4v) is 4.97. The van der Waals surface area contributed by atoms with Gasteiger partial charge in [-0.15, -0.1) is 11.3 Å². The molecule has 1 N–H and O–H groups in total. The summed E-state index contributed by atoms with van der Waals surface area (Å²) in [5.41, 5.74) is 5.70. The van der Waals surface area contributed by atoms with E-state index in [2.05, 4.69) is 22.4 Å². The Hall–Kier alpha value is -3.14. The van der Waals surface area contributed by atoms with Gasteiger partial charge in [-0.05, 0) is 62.3 Å². The predicted molar refractivity (Wildman–Crippen MR) is 138 cm³/mol. The number of ether oxygens (including phenoxy) is 2. The molecule has 0 saturated heterocycles. The third kappa shape index (κ3) is 4.86. The molecule has 0 unspecified atom stereocenters. The van der Waals surface area contributed by atoms with E-state index in [1.54, 1.807) is 13.3 Å². The number of benzene rings is 1. The molecule has 0 fully saturated rings. The molecule has 0 spiro atoms. The first-order valence-corrected chi connectivity index (χ1v) is 12.1. The van der Waals surface area contributed by atoms with E-state index in [9.17, 15) is 4.79 Å². The van der Waals surface area contributed by atoms with Gasteiger partial charge in [0.2, 0.25) is 0 Å². The lowest BCUT2D eigenvalue weighted by molar-refractivity contribution is -0.140. The number of allylic oxidation sites excluding steroid dienone is 1. The summed E-state index contributed by atoms with van der Waals surface area (Å²) in [5, 5.41) is 6.53. The minimum absolute atomic E-state index is 0.156. The number of hydrogen-bond acceptors (Lipinski definition) is 7. The molecule has 4 rings (SSSR count). The second-order valence-electron chi connectivity index (χ2n) is 7.93. The molecule has 1 atom stereocenters. The van der Waals surface area contributed by atoms with E-state index in [4.69, 9.17) is 26.7 Å². The van der Waals surface area contributed by atoms with Crippen LogP contribution in [0.2, 0.25) is 0 Å². The first kappa shape index (κ1) is 24.0. The van der Waals surface area contributed by atoms with Gasteiger partial charge in [0, 0.05) is 24.4 Å². The Morgan fingerprint density at radius 3 is 2.76 bits per heavy atom. The third-order valence-corrected chi connectivity index (χ3v) is 6.72. The van der Waals surface area contributed by atoms with Crippen LogP contribution in [0.5, 0.6) is 0 Å². The van der Waals surface area contributed by atoms with Crippen LogP contribution >= 0.6 is 23.6 Å². The standard InChI is InChI=1S/C25H26N4O3S2/c1-15-8-9-16(2)20(13-15)29-17(3)21(24(30)32-12-11-31-4)22(28-25(29)33)19-14-34-23(27-19)18-7-5-6-10-26-18/h5-10,13-14,22H,11-12H2,1-4H3,(H,28,33)/t22-/m0/s1. The zero-order valence-electron chi connectivity index (χ0n) is 19.5. The number of aromatic nitrogens is 2. The first-order valence-electron chi connectivity index (χ1n) is 10.8. The molecule has 1 aliphatic heterocycles. The van der Waals surface area contributed by atoms with Gasteiger partial charge in [0.05, 0.1) is 29.3 Å². The van der Waals surface area contributed by atoms with Crippen LogP contribution in [0.1, 0.15) is 29.8 Å². The lowest BCUT2D eigenvalue weighted by Gasteiger charge is -2.37. The van der Waals surface area contributed by atoms with Crippen LogP contribution in [-0.4, -0.2) is 41.4 Å². The Labute approximate surface area is 208 Å². The fourth-order valence-electron chi connectivity index (χ4n) is 3.80. The Morgan fingerprint density at radius 1 is 1.21 bits per heavy atom. The van der Waals surface area contributed by atoms with Crippen LogP contribution in [0.15, 0.2) is 59.2 Å². The summed E-state index contributed by atoms with van der Waals surface area (Å²) in [6.45, 7) is 6.41. The molecular weight excluding hydrogens is 468 g/mol. The molecule has 0 radical (unpaired) electrons. The van der Waals surface area contributed by atoms with E-state index >= 15 is 0 Å². The van der Waals surface area contributed by atoms with Crippen LogP contribution in [0.4, 0.5) is 5.69 Å². The molecule has 7 nitrogen and oxygen atoms in total. The number of pyridine rings is 1. The molecule has 1 aromatic carbocycles. The number of nitrogens with one attached hydrogen (secondary N) is 1. The first-order chi connectivity index (χ1) is 16.4. The summed E-state index contributed by atoms with van der Waals surface area (Å²) in [5.74, 6) is -0.433. The number of methoxy groups -OCH3 is 1. The number of rotatable bonds is 7. The Bertz CT molecular complexity index is 1240. The number of esters is 1. The summed E-state index contributed by atoms with van der Waals surface area (Å²) < 4.78 is 10.6. The average molecular weight is 495 g/mol. The summed E-state index contributed by atoms with van der Waals surface area (Å²) in [6, 6.07) is 11.3. The molecule has 3 aromatic rings. The predicted octanol–water partition coefficient (Wildman–Crippen LogP) is 4.72. The number of aryl methyl sites for hydroxylation is 2. The van der Waals surface area contributed by atoms with Gasteiger partial charge in [-0.1, -0.05) is 18.2 Å². The monoisotopic (exact) mass is 494 g/mol. The molecule has 34 heavy (non-hydrogen) atoms. The smallest absolute Gasteiger partial charge is 0.338 e. The van der Waals surface area contributed by atoms with Gasteiger partial charge in [-0.25, -0.2) is 9.78 Å². The highest BCUT2D eigenvalue weighted by molar-refractivity contribution is 7.80. The topological polar surface area (TPSA) is 76.6 Å². The van der Waals surface area contributed by atoms with Crippen molar-refractivity contribution in [2.45, 2.75) is 26.8 Å². The molecule has 0 aliphatic carbocycles. The van der Waals surface area contributed by atoms with E-state index in [0.717, 1.165) is 27.5 Å². The van der Waals surface area contributed by atoms with E-state index in [1.807, 2.05) is 55.3 Å². The second kappa shape index (κ2) is 10.4. The number of carbonyl (C=O) groups excluding carboxylic acids is 1. The van der Waals surface area contributed by atoms with Crippen molar-refractivity contribution in [2.24, 2.45) is 0 Å². The molecular formula is C25H26N4O3S2. The fraction of sp³-hybridized carbons (Fsp3) is 0.280. The maximum Gasteiger partial charge on any atom is 0.338 e. The van der Waals surface area contributed by atoms with E-state index < -0.39 is 12.0 Å². The van der Waals surface area contributed by atoms with Crippen molar-refractivity contribution in [1.82, 2.24) is 15.3 Å². The molecule has 0 amide bonds. The van der Waals surface area contributed by atoms with Crippen LogP contribution in [-0.2, 0) is 14.3 Å². The minimum Gasteiger partial charge on any atom is -0.460 e. The highest BCUT2D eigenvalue weighted by Gasteiger charge is 2.37. The summed E-state index contributed by atoms with van der Waals surface area (Å²) in [7, 11) is 1.57. The van der Waals surface area contributed by atoms with Crippen LogP contribution < -0.4 is 10.2 Å². The van der Waals surface area contributed by atoms with Gasteiger partial charge in [-0.3, -0.25) is 9.88 Å². The third-order valence-electron chi connectivity index (χ3n) is 5.53. The quantitative estimate of drug-likeness (QED) is 0.287. The zero-order valence-corrected chi connectivity index (χ0v) is 21.1. The van der Waals surface area contributed by atoms with Gasteiger partial charge in [-0.2, -0.15) is 0 Å². The zero-order chi connectivity index (χ0) is 24.2. The molecule has 0 saturated carbocycles. The van der Waals surface area contributed by atoms with Crippen LogP contribution in [0.25, 0.3) is 10.7 Å². The van der Waals surface area contributed by atoms with Crippen molar-refractivity contribution in [3.8, 4) is 10.7 Å². The summed E-state index contributed by atoms with van der Waals surface area (Å²) in [6.07, 6.45) is 1.73. The molecule has 0 bridgehead atoms. The number of carbonyl (C=O) groups is 1. The molecule has 2 aromatic heterocycles. The van der Waals surface area contributed by atoms with E-state index in [1.165, 1.54) is 11.3 Å². The van der Waals surface area contributed by atoms with Crippen molar-refractivity contribution in [3.63, 3.8) is 0 Å². The molecule has 176 valence electrons. The Morgan fingerprint density at radius 2 is 2.03 bits per heavy atom. The number of hydrogen-bond donors (Lipinski definition) is 1. The van der Waals surface area contributed by atoms with Crippen molar-refractivity contribution in [1.29, 1.82) is 0 Å². The highest BCUT2D eigenvalue weighted by atomic mass is 32.1. The Kier molecular flexibility index (Phi) is 7.35. The lowest BCUT2D eigenvalue weighted by atomic mass is 9.98. The molecule has 1 aliphatic rings. The second-order valence-corrected chi connectivity index (χ2v) is 9.17. The average Bonchev–Trinajstić information content (AvgIpc) is 3.32. The van der Waals surface area contributed by atoms with Gasteiger partial charge in [0.15, 0.2) is 5.11 Å². The molecule has 3 heterocycles. The normalized spacial score (nSPS) is 15.9. The van der Waals surface area contributed by atoms with E-state index in [-0.39, 0.29) is 6.61 Å². The van der Waals surface area contributed by atoms with E-state index in [0.29, 0.717) is 28.7 Å². The van der Waals surface area contributed by atoms with Crippen molar-refractivity contribution in [2.75, 3.05) is 25.2 Å². The Balaban J connectivity index is 1.78. The lowest BCUT2D eigenvalue weighted by Crippen LogP contribution is -2.48. The van der Waals surface area contributed by atoms with Crippen molar-refractivity contribution < 1.29 is 14.3 Å². The number of thiocarbonyl (C=S) groups is 1. The van der Waals surface area contributed by atoms with Gasteiger partial charge in [0.1, 0.15) is 17.7 Å². The summed E-state index contributed by atoms with van der Waals surface area (Å²) in [4.78, 5) is 24.4. The van der Waals surface area contributed by atoms with Gasteiger partial charge in [0.25, 0.3) is 0 Å². The number of thiazole rings is 1. The van der Waals surface area contributed by atoms with Crippen LogP contribution in [0, 0.1) is 13.8 Å². The minimum atomic E-state index is -0.544. The van der Waals surface area contributed by atoms with Crippen molar-refractivity contribution >= 4 is 40.3 Å². The number of anilines is 1. The van der Waals surface area contributed by atoms with Gasteiger partial charge < -0.3 is 14.8 Å². The largest absolute Gasteiger partial charge is 0.460 e. The summed E-state index contributed by atoms with van der Waals surface area (Å²) >= 11 is 7.25. The van der Waals surface area contributed by atoms with Crippen molar-refractivity contribution in [3.05, 3.63) is 76.1 Å². The molecule has 9 heteroatoms. The maximum absolute atomic E-state index is 13.3.